The van der Waals surface area contributed by atoms with Gasteiger partial charge in [-0.3, -0.25) is 0 Å². The molecule has 2 aromatic rings. The molecule has 0 bridgehead atoms. The second-order valence-electron chi connectivity index (χ2n) is 5.42. The van der Waals surface area contributed by atoms with E-state index in [0.29, 0.717) is 17.0 Å². The largest absolute Gasteiger partial charge is 0.416 e. The van der Waals surface area contributed by atoms with Crippen LogP contribution in [0.5, 0.6) is 0 Å². The average molecular weight is 328 g/mol. The molecule has 0 amide bonds. The fourth-order valence-corrected chi connectivity index (χ4v) is 2.55. The van der Waals surface area contributed by atoms with Crippen LogP contribution in [0.4, 0.5) is 13.2 Å². The summed E-state index contributed by atoms with van der Waals surface area (Å²) in [5, 5.41) is 0.625. The summed E-state index contributed by atoms with van der Waals surface area (Å²) in [6, 6.07) is 12.4. The second-order valence-corrected chi connectivity index (χ2v) is 5.86. The highest BCUT2D eigenvalue weighted by atomic mass is 35.5. The van der Waals surface area contributed by atoms with Gasteiger partial charge in [0, 0.05) is 17.0 Å². The molecule has 2 unspecified atom stereocenters. The lowest BCUT2D eigenvalue weighted by atomic mass is 9.86. The van der Waals surface area contributed by atoms with Crippen molar-refractivity contribution >= 4 is 11.6 Å². The zero-order valence-electron chi connectivity index (χ0n) is 12.1. The van der Waals surface area contributed by atoms with Crippen molar-refractivity contribution in [2.45, 2.75) is 31.5 Å². The van der Waals surface area contributed by atoms with E-state index in [2.05, 4.69) is 0 Å². The average Bonchev–Trinajstić information content (AvgIpc) is 2.45. The molecule has 0 radical (unpaired) electrons. The van der Waals surface area contributed by atoms with Crippen LogP contribution >= 0.6 is 11.6 Å². The molecule has 1 nitrogen and oxygen atoms in total. The first kappa shape index (κ1) is 16.8. The lowest BCUT2D eigenvalue weighted by molar-refractivity contribution is -0.137. The number of hydrogen-bond donors (Lipinski definition) is 1. The monoisotopic (exact) mass is 327 g/mol. The number of nitrogens with two attached hydrogens (primary N) is 1. The van der Waals surface area contributed by atoms with Crippen molar-refractivity contribution < 1.29 is 13.2 Å². The van der Waals surface area contributed by atoms with Crippen molar-refractivity contribution in [1.82, 2.24) is 0 Å². The highest BCUT2D eigenvalue weighted by Crippen LogP contribution is 2.32. The van der Waals surface area contributed by atoms with Gasteiger partial charge < -0.3 is 5.73 Å². The number of rotatable bonds is 4. The Bertz CT molecular complexity index is 621. The topological polar surface area (TPSA) is 26.0 Å². The minimum atomic E-state index is -4.35. The van der Waals surface area contributed by atoms with Crippen LogP contribution in [0.25, 0.3) is 0 Å². The summed E-state index contributed by atoms with van der Waals surface area (Å²) in [5.74, 6) is -0.191. The Balaban J connectivity index is 2.30. The molecule has 0 spiro atoms. The summed E-state index contributed by atoms with van der Waals surface area (Å²) in [4.78, 5) is 0. The quantitative estimate of drug-likeness (QED) is 0.837. The number of halogens is 4. The summed E-state index contributed by atoms with van der Waals surface area (Å²) >= 11 is 5.85. The molecule has 118 valence electrons. The van der Waals surface area contributed by atoms with E-state index in [1.807, 2.05) is 12.1 Å². The van der Waals surface area contributed by atoms with Gasteiger partial charge in [-0.2, -0.15) is 13.2 Å². The molecule has 5 heteroatoms. The summed E-state index contributed by atoms with van der Waals surface area (Å²) in [6.07, 6.45) is -3.78. The van der Waals surface area contributed by atoms with Crippen LogP contribution < -0.4 is 5.73 Å². The Labute approximate surface area is 132 Å². The van der Waals surface area contributed by atoms with Gasteiger partial charge in [0.25, 0.3) is 0 Å². The van der Waals surface area contributed by atoms with Gasteiger partial charge in [0.1, 0.15) is 0 Å². The maximum absolute atomic E-state index is 12.9. The van der Waals surface area contributed by atoms with Gasteiger partial charge >= 0.3 is 6.18 Å². The first-order valence-corrected chi connectivity index (χ1v) is 7.32. The van der Waals surface area contributed by atoms with Crippen LogP contribution in [-0.4, -0.2) is 6.04 Å². The van der Waals surface area contributed by atoms with Crippen molar-refractivity contribution in [3.05, 3.63) is 70.2 Å². The standard InChI is InChI=1S/C17H17ClF3N/c1-11(22)16(9-12-5-7-15(18)8-6-12)13-3-2-4-14(10-13)17(19,20)21/h2-8,10-11,16H,9,22H2,1H3. The van der Waals surface area contributed by atoms with Crippen LogP contribution in [0, 0.1) is 0 Å². The fourth-order valence-electron chi connectivity index (χ4n) is 2.43. The lowest BCUT2D eigenvalue weighted by Gasteiger charge is -2.22. The van der Waals surface area contributed by atoms with Crippen molar-refractivity contribution in [2.24, 2.45) is 5.73 Å². The summed E-state index contributed by atoms with van der Waals surface area (Å²) in [7, 11) is 0. The van der Waals surface area contributed by atoms with Crippen LogP contribution in [0.2, 0.25) is 5.02 Å². The molecule has 0 aliphatic carbocycles. The van der Waals surface area contributed by atoms with Crippen molar-refractivity contribution in [1.29, 1.82) is 0 Å². The van der Waals surface area contributed by atoms with E-state index in [9.17, 15) is 13.2 Å². The molecule has 2 aromatic carbocycles. The Morgan fingerprint density at radius 2 is 1.73 bits per heavy atom. The fraction of sp³-hybridized carbons (Fsp3) is 0.294. The number of hydrogen-bond acceptors (Lipinski definition) is 1. The Morgan fingerprint density at radius 3 is 2.27 bits per heavy atom. The molecule has 22 heavy (non-hydrogen) atoms. The van der Waals surface area contributed by atoms with Gasteiger partial charge in [-0.05, 0) is 42.7 Å². The van der Waals surface area contributed by atoms with Crippen molar-refractivity contribution in [3.8, 4) is 0 Å². The van der Waals surface area contributed by atoms with Gasteiger partial charge in [-0.15, -0.1) is 0 Å². The number of alkyl halides is 3. The first-order chi connectivity index (χ1) is 10.3. The van der Waals surface area contributed by atoms with Gasteiger partial charge in [-0.1, -0.05) is 41.9 Å². The van der Waals surface area contributed by atoms with E-state index in [0.717, 1.165) is 11.6 Å². The summed E-state index contributed by atoms with van der Waals surface area (Å²) < 4.78 is 38.6. The maximum atomic E-state index is 12.9. The zero-order valence-corrected chi connectivity index (χ0v) is 12.8. The SMILES string of the molecule is CC(N)C(Cc1ccc(Cl)cc1)c1cccc(C(F)(F)F)c1. The minimum absolute atomic E-state index is 0.191. The van der Waals surface area contributed by atoms with Gasteiger partial charge in [-0.25, -0.2) is 0 Å². The van der Waals surface area contributed by atoms with Crippen molar-refractivity contribution in [2.75, 3.05) is 0 Å². The maximum Gasteiger partial charge on any atom is 0.416 e. The van der Waals surface area contributed by atoms with Gasteiger partial charge in [0.2, 0.25) is 0 Å². The first-order valence-electron chi connectivity index (χ1n) is 6.94. The molecular weight excluding hydrogens is 311 g/mol. The predicted octanol–water partition coefficient (Wildman–Crippen LogP) is 5.03. The zero-order chi connectivity index (χ0) is 16.3. The third kappa shape index (κ3) is 4.24. The van der Waals surface area contributed by atoms with E-state index in [-0.39, 0.29) is 12.0 Å². The smallest absolute Gasteiger partial charge is 0.327 e. The third-order valence-corrected chi connectivity index (χ3v) is 3.90. The van der Waals surface area contributed by atoms with E-state index in [1.54, 1.807) is 25.1 Å². The van der Waals surface area contributed by atoms with E-state index in [1.165, 1.54) is 12.1 Å². The number of benzene rings is 2. The third-order valence-electron chi connectivity index (χ3n) is 3.65. The van der Waals surface area contributed by atoms with Gasteiger partial charge in [0.05, 0.1) is 5.56 Å². The molecule has 0 aliphatic heterocycles. The van der Waals surface area contributed by atoms with Crippen LogP contribution in [0.3, 0.4) is 0 Å². The Kier molecular flexibility index (Phi) is 5.14. The molecule has 2 N–H and O–H groups in total. The molecule has 0 heterocycles. The van der Waals surface area contributed by atoms with E-state index >= 15 is 0 Å². The molecule has 0 saturated carbocycles. The van der Waals surface area contributed by atoms with Crippen LogP contribution in [0.15, 0.2) is 48.5 Å². The Hall–Kier alpha value is -1.52. The molecule has 0 aromatic heterocycles. The summed E-state index contributed by atoms with van der Waals surface area (Å²) in [5.41, 5.74) is 6.94. The highest BCUT2D eigenvalue weighted by Gasteiger charge is 2.31. The molecule has 0 fully saturated rings. The van der Waals surface area contributed by atoms with Crippen LogP contribution in [-0.2, 0) is 12.6 Å². The molecule has 2 atom stereocenters. The molecule has 0 saturated heterocycles. The minimum Gasteiger partial charge on any atom is -0.327 e. The second kappa shape index (κ2) is 6.71. The molecule has 2 rings (SSSR count). The highest BCUT2D eigenvalue weighted by molar-refractivity contribution is 6.30. The van der Waals surface area contributed by atoms with Gasteiger partial charge in [0.15, 0.2) is 0 Å². The summed E-state index contributed by atoms with van der Waals surface area (Å²) in [6.45, 7) is 1.81. The molecule has 0 aliphatic rings. The van der Waals surface area contributed by atoms with E-state index in [4.69, 9.17) is 17.3 Å². The molecular formula is C17H17ClF3N. The Morgan fingerprint density at radius 1 is 1.09 bits per heavy atom. The van der Waals surface area contributed by atoms with E-state index < -0.39 is 11.7 Å². The normalized spacial score (nSPS) is 14.6. The predicted molar refractivity (Wildman–Crippen MR) is 83.0 cm³/mol. The van der Waals surface area contributed by atoms with Crippen molar-refractivity contribution in [3.63, 3.8) is 0 Å². The lowest BCUT2D eigenvalue weighted by Crippen LogP contribution is -2.26. The van der Waals surface area contributed by atoms with Crippen LogP contribution in [0.1, 0.15) is 29.5 Å².